The van der Waals surface area contributed by atoms with Crippen LogP contribution in [0.5, 0.6) is 0 Å². The molecule has 0 amide bonds. The zero-order valence-electron chi connectivity index (χ0n) is 13.5. The fraction of sp³-hybridized carbons (Fsp3) is 0.0952. The Labute approximate surface area is 146 Å². The van der Waals surface area contributed by atoms with Gasteiger partial charge in [-0.3, -0.25) is 0 Å². The average molecular weight is 330 g/mol. The molecule has 0 unspecified atom stereocenters. The first-order valence-electron chi connectivity index (χ1n) is 8.02. The number of aromatic amines is 1. The lowest BCUT2D eigenvalue weighted by Gasteiger charge is -2.03. The lowest BCUT2D eigenvalue weighted by atomic mass is 10.1. The number of imidazole rings is 1. The molecule has 0 aliphatic heterocycles. The lowest BCUT2D eigenvalue weighted by molar-refractivity contribution is 1.19. The number of H-pyrrole nitrogens is 1. The summed E-state index contributed by atoms with van der Waals surface area (Å²) in [6.07, 6.45) is 0. The summed E-state index contributed by atoms with van der Waals surface area (Å²) in [7, 11) is 0. The first kappa shape index (κ1) is 15.0. The molecule has 24 heavy (non-hydrogen) atoms. The molecule has 4 rings (SSSR count). The minimum absolute atomic E-state index is 0.869. The Balaban J connectivity index is 1.54. The van der Waals surface area contributed by atoms with Crippen molar-refractivity contribution in [1.82, 2.24) is 9.97 Å². The number of hydrogen-bond donors (Lipinski definition) is 1. The van der Waals surface area contributed by atoms with Gasteiger partial charge < -0.3 is 4.98 Å². The molecular weight excluding hydrogens is 312 g/mol. The van der Waals surface area contributed by atoms with E-state index >= 15 is 0 Å². The van der Waals surface area contributed by atoms with Crippen LogP contribution in [0.2, 0.25) is 0 Å². The van der Waals surface area contributed by atoms with Gasteiger partial charge in [0.05, 0.1) is 5.69 Å². The minimum atomic E-state index is 0.869. The Morgan fingerprint density at radius 2 is 1.62 bits per heavy atom. The zero-order chi connectivity index (χ0) is 16.4. The Morgan fingerprint density at radius 1 is 0.875 bits per heavy atom. The Kier molecular flexibility index (Phi) is 4.09. The van der Waals surface area contributed by atoms with Crippen LogP contribution in [0, 0.1) is 6.92 Å². The van der Waals surface area contributed by atoms with Crippen LogP contribution in [0.3, 0.4) is 0 Å². The van der Waals surface area contributed by atoms with Crippen LogP contribution in [0.25, 0.3) is 22.2 Å². The van der Waals surface area contributed by atoms with Crippen molar-refractivity contribution in [1.29, 1.82) is 0 Å². The minimum Gasteiger partial charge on any atom is -0.342 e. The zero-order valence-corrected chi connectivity index (χ0v) is 14.3. The predicted molar refractivity (Wildman–Crippen MR) is 102 cm³/mol. The fourth-order valence-corrected chi connectivity index (χ4v) is 3.74. The predicted octanol–water partition coefficient (Wildman–Crippen LogP) is 5.83. The average Bonchev–Trinajstić information content (AvgIpc) is 3.01. The van der Waals surface area contributed by atoms with E-state index in [1.165, 1.54) is 15.7 Å². The van der Waals surface area contributed by atoms with Gasteiger partial charge in [-0.15, -0.1) is 11.8 Å². The highest BCUT2D eigenvalue weighted by Gasteiger charge is 2.09. The molecule has 0 spiro atoms. The molecule has 1 heterocycles. The quantitative estimate of drug-likeness (QED) is 0.477. The molecule has 0 bridgehead atoms. The molecule has 0 aliphatic carbocycles. The standard InChI is InChI=1S/C21H18N2S/c1-15-20(23-21(22-15)17-8-3-2-4-9-17)14-24-19-12-11-16-7-5-6-10-18(16)13-19/h2-13H,14H2,1H3,(H,22,23). The maximum Gasteiger partial charge on any atom is 0.137 e. The van der Waals surface area contributed by atoms with E-state index in [1.54, 1.807) is 0 Å². The number of benzene rings is 3. The Bertz CT molecular complexity index is 973. The van der Waals surface area contributed by atoms with E-state index in [-0.39, 0.29) is 0 Å². The number of rotatable bonds is 4. The van der Waals surface area contributed by atoms with Crippen LogP contribution in [0.15, 0.2) is 77.7 Å². The number of nitrogens with one attached hydrogen (secondary N) is 1. The maximum atomic E-state index is 4.78. The van der Waals surface area contributed by atoms with Crippen molar-refractivity contribution in [2.24, 2.45) is 0 Å². The summed E-state index contributed by atoms with van der Waals surface area (Å²) < 4.78 is 0. The summed E-state index contributed by atoms with van der Waals surface area (Å²) >= 11 is 1.83. The van der Waals surface area contributed by atoms with Gasteiger partial charge in [-0.05, 0) is 29.8 Å². The van der Waals surface area contributed by atoms with E-state index in [4.69, 9.17) is 4.98 Å². The van der Waals surface area contributed by atoms with Gasteiger partial charge in [-0.1, -0.05) is 60.7 Å². The van der Waals surface area contributed by atoms with Crippen LogP contribution in [-0.4, -0.2) is 9.97 Å². The number of thioether (sulfide) groups is 1. The Morgan fingerprint density at radius 3 is 2.46 bits per heavy atom. The summed E-state index contributed by atoms with van der Waals surface area (Å²) in [5, 5.41) is 2.57. The van der Waals surface area contributed by atoms with Crippen molar-refractivity contribution in [2.45, 2.75) is 17.6 Å². The number of hydrogen-bond acceptors (Lipinski definition) is 2. The topological polar surface area (TPSA) is 28.7 Å². The third-order valence-electron chi connectivity index (χ3n) is 4.13. The van der Waals surface area contributed by atoms with E-state index in [0.717, 1.165) is 28.5 Å². The smallest absolute Gasteiger partial charge is 0.137 e. The third-order valence-corrected chi connectivity index (χ3v) is 5.13. The molecule has 3 heteroatoms. The molecule has 1 N–H and O–H groups in total. The summed E-state index contributed by atoms with van der Waals surface area (Å²) in [5.41, 5.74) is 3.39. The van der Waals surface area contributed by atoms with Crippen LogP contribution in [0.4, 0.5) is 0 Å². The first-order chi connectivity index (χ1) is 11.8. The van der Waals surface area contributed by atoms with Gasteiger partial charge in [0, 0.05) is 21.9 Å². The first-order valence-corrected chi connectivity index (χ1v) is 9.01. The van der Waals surface area contributed by atoms with Gasteiger partial charge in [0.15, 0.2) is 0 Å². The molecule has 0 aliphatic rings. The number of fused-ring (bicyclic) bond motifs is 1. The normalized spacial score (nSPS) is 11.0. The number of aryl methyl sites for hydroxylation is 1. The van der Waals surface area contributed by atoms with Crippen molar-refractivity contribution in [3.8, 4) is 11.4 Å². The summed E-state index contributed by atoms with van der Waals surface area (Å²) in [4.78, 5) is 9.46. The van der Waals surface area contributed by atoms with Crippen LogP contribution in [0.1, 0.15) is 11.4 Å². The lowest BCUT2D eigenvalue weighted by Crippen LogP contribution is -1.85. The molecule has 0 atom stereocenters. The van der Waals surface area contributed by atoms with Crippen molar-refractivity contribution in [3.05, 3.63) is 84.2 Å². The Hall–Kier alpha value is -2.52. The molecule has 0 radical (unpaired) electrons. The van der Waals surface area contributed by atoms with Gasteiger partial charge >= 0.3 is 0 Å². The molecule has 2 nitrogen and oxygen atoms in total. The molecule has 0 saturated heterocycles. The van der Waals surface area contributed by atoms with Crippen molar-refractivity contribution in [3.63, 3.8) is 0 Å². The van der Waals surface area contributed by atoms with Gasteiger partial charge in [0.2, 0.25) is 0 Å². The second-order valence-electron chi connectivity index (χ2n) is 5.82. The second kappa shape index (κ2) is 6.54. The van der Waals surface area contributed by atoms with Crippen molar-refractivity contribution < 1.29 is 0 Å². The van der Waals surface area contributed by atoms with E-state index in [1.807, 2.05) is 30.0 Å². The molecule has 3 aromatic carbocycles. The van der Waals surface area contributed by atoms with Gasteiger partial charge in [-0.25, -0.2) is 4.98 Å². The van der Waals surface area contributed by atoms with E-state index in [0.29, 0.717) is 0 Å². The molecule has 1 aromatic heterocycles. The molecule has 0 saturated carbocycles. The highest BCUT2D eigenvalue weighted by Crippen LogP contribution is 2.28. The van der Waals surface area contributed by atoms with Gasteiger partial charge in [0.1, 0.15) is 5.82 Å². The summed E-state index contributed by atoms with van der Waals surface area (Å²) in [6, 6.07) is 25.4. The summed E-state index contributed by atoms with van der Waals surface area (Å²) in [5.74, 6) is 1.82. The number of nitrogens with zero attached hydrogens (tertiary/aromatic N) is 1. The summed E-state index contributed by atoms with van der Waals surface area (Å²) in [6.45, 7) is 2.09. The van der Waals surface area contributed by atoms with E-state index in [9.17, 15) is 0 Å². The monoisotopic (exact) mass is 330 g/mol. The number of aromatic nitrogens is 2. The van der Waals surface area contributed by atoms with Gasteiger partial charge in [0.25, 0.3) is 0 Å². The van der Waals surface area contributed by atoms with Gasteiger partial charge in [-0.2, -0.15) is 0 Å². The van der Waals surface area contributed by atoms with Crippen LogP contribution in [-0.2, 0) is 5.75 Å². The van der Waals surface area contributed by atoms with E-state index in [2.05, 4.69) is 66.5 Å². The maximum absolute atomic E-state index is 4.78. The largest absolute Gasteiger partial charge is 0.342 e. The van der Waals surface area contributed by atoms with Crippen molar-refractivity contribution >= 4 is 22.5 Å². The van der Waals surface area contributed by atoms with Crippen LogP contribution >= 0.6 is 11.8 Å². The molecule has 118 valence electrons. The van der Waals surface area contributed by atoms with E-state index < -0.39 is 0 Å². The fourth-order valence-electron chi connectivity index (χ4n) is 2.78. The van der Waals surface area contributed by atoms with Crippen LogP contribution < -0.4 is 0 Å². The molecule has 4 aromatic rings. The van der Waals surface area contributed by atoms with Crippen molar-refractivity contribution in [2.75, 3.05) is 0 Å². The molecular formula is C21H18N2S. The third kappa shape index (κ3) is 3.08. The highest BCUT2D eigenvalue weighted by atomic mass is 32.2. The second-order valence-corrected chi connectivity index (χ2v) is 6.87. The highest BCUT2D eigenvalue weighted by molar-refractivity contribution is 7.98. The SMILES string of the molecule is Cc1[nH]c(-c2ccccc2)nc1CSc1ccc2ccccc2c1. The molecule has 0 fully saturated rings.